The Morgan fingerprint density at radius 3 is 2.62 bits per heavy atom. The third-order valence-electron chi connectivity index (χ3n) is 2.80. The van der Waals surface area contributed by atoms with E-state index in [9.17, 15) is 10.2 Å². The van der Waals surface area contributed by atoms with Crippen molar-refractivity contribution in [2.75, 3.05) is 13.6 Å². The molecule has 0 spiro atoms. The zero-order valence-electron chi connectivity index (χ0n) is 9.77. The van der Waals surface area contributed by atoms with Gasteiger partial charge in [0, 0.05) is 6.04 Å². The summed E-state index contributed by atoms with van der Waals surface area (Å²) in [5, 5.41) is 22.5. The Hall–Kier alpha value is -1.10. The summed E-state index contributed by atoms with van der Waals surface area (Å²) in [5.74, 6) is 0.216. The van der Waals surface area contributed by atoms with Crippen LogP contribution in [0.5, 0.6) is 5.75 Å². The second-order valence-corrected chi connectivity index (χ2v) is 3.96. The molecule has 0 aliphatic carbocycles. The van der Waals surface area contributed by atoms with Gasteiger partial charge in [-0.2, -0.15) is 0 Å². The molecule has 2 unspecified atom stereocenters. The Balaban J connectivity index is 2.89. The van der Waals surface area contributed by atoms with E-state index in [-0.39, 0.29) is 11.8 Å². The zero-order chi connectivity index (χ0) is 12.1. The normalized spacial score (nSPS) is 14.8. The number of aryl methyl sites for hydroxylation is 1. The van der Waals surface area contributed by atoms with E-state index < -0.39 is 6.10 Å². The first-order valence-corrected chi connectivity index (χ1v) is 5.45. The summed E-state index contributed by atoms with van der Waals surface area (Å²) >= 11 is 0. The fourth-order valence-corrected chi connectivity index (χ4v) is 1.85. The van der Waals surface area contributed by atoms with Crippen LogP contribution in [0, 0.1) is 6.92 Å². The van der Waals surface area contributed by atoms with Crippen LogP contribution in [-0.2, 0) is 0 Å². The molecule has 0 saturated heterocycles. The first kappa shape index (κ1) is 13.0. The van der Waals surface area contributed by atoms with Crippen LogP contribution in [0.3, 0.4) is 0 Å². The maximum Gasteiger partial charge on any atom is 0.115 e. The number of aliphatic hydroxyl groups excluding tert-OH is 1. The van der Waals surface area contributed by atoms with Crippen LogP contribution in [0.15, 0.2) is 18.2 Å². The molecule has 1 rings (SSSR count). The minimum absolute atomic E-state index is 0.0618. The molecule has 0 bridgehead atoms. The van der Waals surface area contributed by atoms with Crippen molar-refractivity contribution in [1.82, 2.24) is 5.32 Å². The number of hydrogen-bond acceptors (Lipinski definition) is 4. The predicted molar refractivity (Wildman–Crippen MR) is 64.3 cm³/mol. The molecule has 0 fully saturated rings. The molecule has 16 heavy (non-hydrogen) atoms. The van der Waals surface area contributed by atoms with Crippen molar-refractivity contribution in [1.29, 1.82) is 0 Å². The quantitative estimate of drug-likeness (QED) is 0.593. The van der Waals surface area contributed by atoms with E-state index in [4.69, 9.17) is 5.73 Å². The van der Waals surface area contributed by atoms with Crippen LogP contribution < -0.4 is 11.1 Å². The summed E-state index contributed by atoms with van der Waals surface area (Å²) in [7, 11) is 1.80. The van der Waals surface area contributed by atoms with Gasteiger partial charge in [-0.3, -0.25) is 0 Å². The number of phenols is 1. The Kier molecular flexibility index (Phi) is 4.73. The van der Waals surface area contributed by atoms with E-state index in [1.54, 1.807) is 25.2 Å². The van der Waals surface area contributed by atoms with Crippen molar-refractivity contribution >= 4 is 0 Å². The number of phenolic OH excluding ortho intramolecular Hbond substituents is 1. The van der Waals surface area contributed by atoms with Crippen molar-refractivity contribution < 1.29 is 10.2 Å². The Labute approximate surface area is 96.1 Å². The molecular formula is C12H20N2O2. The van der Waals surface area contributed by atoms with Gasteiger partial charge in [-0.15, -0.1) is 0 Å². The topological polar surface area (TPSA) is 78.5 Å². The Bertz CT molecular complexity index is 342. The van der Waals surface area contributed by atoms with Crippen LogP contribution in [0.2, 0.25) is 0 Å². The number of aliphatic hydroxyl groups is 1. The van der Waals surface area contributed by atoms with Crippen molar-refractivity contribution in [2.45, 2.75) is 25.5 Å². The van der Waals surface area contributed by atoms with Crippen molar-refractivity contribution in [3.05, 3.63) is 29.3 Å². The van der Waals surface area contributed by atoms with E-state index >= 15 is 0 Å². The molecule has 0 aliphatic heterocycles. The molecule has 4 nitrogen and oxygen atoms in total. The van der Waals surface area contributed by atoms with Gasteiger partial charge in [0.1, 0.15) is 5.75 Å². The highest BCUT2D eigenvalue weighted by atomic mass is 16.3. The van der Waals surface area contributed by atoms with E-state index in [1.165, 1.54) is 0 Å². The summed E-state index contributed by atoms with van der Waals surface area (Å²) in [5.41, 5.74) is 7.20. The fraction of sp³-hybridized carbons (Fsp3) is 0.500. The Morgan fingerprint density at radius 1 is 1.44 bits per heavy atom. The molecule has 0 aliphatic rings. The van der Waals surface area contributed by atoms with Crippen molar-refractivity contribution in [3.63, 3.8) is 0 Å². The van der Waals surface area contributed by atoms with Gasteiger partial charge in [0.25, 0.3) is 0 Å². The van der Waals surface area contributed by atoms with Gasteiger partial charge in [0.15, 0.2) is 0 Å². The minimum atomic E-state index is -0.603. The number of hydrogen-bond donors (Lipinski definition) is 4. The largest absolute Gasteiger partial charge is 0.508 e. The van der Waals surface area contributed by atoms with Crippen LogP contribution in [0.1, 0.15) is 23.7 Å². The lowest BCUT2D eigenvalue weighted by atomic mass is 9.96. The van der Waals surface area contributed by atoms with Gasteiger partial charge < -0.3 is 21.3 Å². The predicted octanol–water partition coefficient (Wildman–Crippen LogP) is 0.671. The lowest BCUT2D eigenvalue weighted by Crippen LogP contribution is -2.34. The zero-order valence-corrected chi connectivity index (χ0v) is 9.77. The standard InChI is InChI=1S/C12H20N2O2/c1-8-7-9(15)3-4-10(8)12(16)11(14-2)5-6-13/h3-4,7,11-12,14-16H,5-6,13H2,1-2H3. The second kappa shape index (κ2) is 5.84. The van der Waals surface area contributed by atoms with E-state index in [0.717, 1.165) is 11.1 Å². The monoisotopic (exact) mass is 224 g/mol. The molecule has 1 aromatic carbocycles. The summed E-state index contributed by atoms with van der Waals surface area (Å²) < 4.78 is 0. The first-order chi connectivity index (χ1) is 7.60. The number of nitrogens with two attached hydrogens (primary N) is 1. The van der Waals surface area contributed by atoms with Crippen LogP contribution in [0.4, 0.5) is 0 Å². The molecule has 0 heterocycles. The summed E-state index contributed by atoms with van der Waals surface area (Å²) in [6.45, 7) is 2.40. The smallest absolute Gasteiger partial charge is 0.115 e. The number of benzene rings is 1. The van der Waals surface area contributed by atoms with Crippen molar-refractivity contribution in [3.8, 4) is 5.75 Å². The van der Waals surface area contributed by atoms with Crippen LogP contribution in [-0.4, -0.2) is 29.8 Å². The highest BCUT2D eigenvalue weighted by molar-refractivity contribution is 5.35. The summed E-state index contributed by atoms with van der Waals surface area (Å²) in [6, 6.07) is 4.92. The van der Waals surface area contributed by atoms with Crippen LogP contribution >= 0.6 is 0 Å². The SMILES string of the molecule is CNC(CCN)C(O)c1ccc(O)cc1C. The first-order valence-electron chi connectivity index (χ1n) is 5.45. The molecule has 2 atom stereocenters. The van der Waals surface area contributed by atoms with Crippen molar-refractivity contribution in [2.24, 2.45) is 5.73 Å². The minimum Gasteiger partial charge on any atom is -0.508 e. The van der Waals surface area contributed by atoms with Crippen LogP contribution in [0.25, 0.3) is 0 Å². The van der Waals surface area contributed by atoms with Gasteiger partial charge in [0.2, 0.25) is 0 Å². The molecule has 1 aromatic rings. The molecule has 0 amide bonds. The molecule has 0 aromatic heterocycles. The van der Waals surface area contributed by atoms with E-state index in [1.807, 2.05) is 6.92 Å². The summed E-state index contributed by atoms with van der Waals surface area (Å²) in [4.78, 5) is 0. The highest BCUT2D eigenvalue weighted by Crippen LogP contribution is 2.24. The lowest BCUT2D eigenvalue weighted by molar-refractivity contribution is 0.128. The fourth-order valence-electron chi connectivity index (χ4n) is 1.85. The molecule has 5 N–H and O–H groups in total. The number of nitrogens with one attached hydrogen (secondary N) is 1. The van der Waals surface area contributed by atoms with Gasteiger partial charge in [-0.25, -0.2) is 0 Å². The van der Waals surface area contributed by atoms with Gasteiger partial charge in [0.05, 0.1) is 6.10 Å². The number of likely N-dealkylation sites (N-methyl/N-ethyl adjacent to an activating group) is 1. The third-order valence-corrected chi connectivity index (χ3v) is 2.80. The average molecular weight is 224 g/mol. The molecule has 0 saturated carbocycles. The highest BCUT2D eigenvalue weighted by Gasteiger charge is 2.20. The maximum absolute atomic E-state index is 10.2. The molecule has 4 heteroatoms. The van der Waals surface area contributed by atoms with Gasteiger partial charge in [-0.05, 0) is 50.2 Å². The maximum atomic E-state index is 10.2. The lowest BCUT2D eigenvalue weighted by Gasteiger charge is -2.23. The van der Waals surface area contributed by atoms with Gasteiger partial charge in [-0.1, -0.05) is 6.07 Å². The molecule has 90 valence electrons. The summed E-state index contributed by atoms with van der Waals surface area (Å²) in [6.07, 6.45) is 0.104. The molecular weight excluding hydrogens is 204 g/mol. The molecule has 0 radical (unpaired) electrons. The second-order valence-electron chi connectivity index (χ2n) is 3.96. The average Bonchev–Trinajstić information content (AvgIpc) is 2.25. The Morgan fingerprint density at radius 2 is 2.12 bits per heavy atom. The third kappa shape index (κ3) is 2.95. The van der Waals surface area contributed by atoms with Gasteiger partial charge >= 0.3 is 0 Å². The van der Waals surface area contributed by atoms with E-state index in [0.29, 0.717) is 13.0 Å². The number of rotatable bonds is 5. The number of aromatic hydroxyl groups is 1. The van der Waals surface area contributed by atoms with E-state index in [2.05, 4.69) is 5.32 Å².